The fraction of sp³-hybridized carbons (Fsp3) is 0.111. The molecule has 0 heterocycles. The van der Waals surface area contributed by atoms with E-state index < -0.39 is 0 Å². The summed E-state index contributed by atoms with van der Waals surface area (Å²) in [6.07, 6.45) is 0. The van der Waals surface area contributed by atoms with Crippen molar-refractivity contribution in [1.82, 2.24) is 0 Å². The topological polar surface area (TPSA) is 0 Å². The SMILES string of the molecule is C=C(C)c1ccccc1S. The van der Waals surface area contributed by atoms with E-state index in [2.05, 4.69) is 19.2 Å². The molecule has 0 aliphatic rings. The Kier molecular flexibility index (Phi) is 2.17. The second kappa shape index (κ2) is 2.93. The largest absolute Gasteiger partial charge is 0.143 e. The predicted octanol–water partition coefficient (Wildman–Crippen LogP) is 3.01. The van der Waals surface area contributed by atoms with Gasteiger partial charge in [0.2, 0.25) is 0 Å². The van der Waals surface area contributed by atoms with Gasteiger partial charge in [-0.1, -0.05) is 24.8 Å². The third-order valence-electron chi connectivity index (χ3n) is 1.36. The summed E-state index contributed by atoms with van der Waals surface area (Å²) in [5.41, 5.74) is 2.19. The van der Waals surface area contributed by atoms with Gasteiger partial charge in [0.25, 0.3) is 0 Å². The highest BCUT2D eigenvalue weighted by atomic mass is 32.1. The smallest absolute Gasteiger partial charge is 0.0115 e. The Bertz CT molecular complexity index is 251. The Labute approximate surface area is 67.0 Å². The standard InChI is InChI=1S/C9H10S/c1-7(2)8-5-3-4-6-9(8)10/h3-6,10H,1H2,2H3. The Hall–Kier alpha value is -0.690. The van der Waals surface area contributed by atoms with E-state index in [4.69, 9.17) is 0 Å². The first-order valence-corrected chi connectivity index (χ1v) is 3.60. The predicted molar refractivity (Wildman–Crippen MR) is 48.4 cm³/mol. The molecular weight excluding hydrogens is 140 g/mol. The molecule has 1 aromatic rings. The van der Waals surface area contributed by atoms with Crippen LogP contribution in [0.4, 0.5) is 0 Å². The maximum absolute atomic E-state index is 4.28. The molecule has 0 N–H and O–H groups in total. The summed E-state index contributed by atoms with van der Waals surface area (Å²) in [7, 11) is 0. The first kappa shape index (κ1) is 7.42. The van der Waals surface area contributed by atoms with E-state index in [1.165, 1.54) is 0 Å². The fourth-order valence-electron chi connectivity index (χ4n) is 0.835. The van der Waals surface area contributed by atoms with Crippen LogP contribution in [0.15, 0.2) is 35.7 Å². The monoisotopic (exact) mass is 150 g/mol. The van der Waals surface area contributed by atoms with Gasteiger partial charge in [0.1, 0.15) is 0 Å². The molecule has 0 unspecified atom stereocenters. The lowest BCUT2D eigenvalue weighted by Gasteiger charge is -2.01. The van der Waals surface area contributed by atoms with Crippen LogP contribution in [-0.2, 0) is 0 Å². The first-order valence-electron chi connectivity index (χ1n) is 3.15. The van der Waals surface area contributed by atoms with Crippen molar-refractivity contribution in [3.8, 4) is 0 Å². The van der Waals surface area contributed by atoms with Gasteiger partial charge in [0.05, 0.1) is 0 Å². The van der Waals surface area contributed by atoms with Gasteiger partial charge in [-0.05, 0) is 24.1 Å². The van der Waals surface area contributed by atoms with Crippen LogP contribution in [0.1, 0.15) is 12.5 Å². The number of rotatable bonds is 1. The Balaban J connectivity index is 3.15. The molecular formula is C9H10S. The summed E-state index contributed by atoms with van der Waals surface area (Å²) >= 11 is 4.28. The normalized spacial score (nSPS) is 9.40. The highest BCUT2D eigenvalue weighted by Gasteiger charge is 1.95. The van der Waals surface area contributed by atoms with Gasteiger partial charge in [0, 0.05) is 4.90 Å². The highest BCUT2D eigenvalue weighted by molar-refractivity contribution is 7.80. The van der Waals surface area contributed by atoms with E-state index in [1.54, 1.807) is 0 Å². The van der Waals surface area contributed by atoms with Crippen LogP contribution in [0.3, 0.4) is 0 Å². The zero-order chi connectivity index (χ0) is 7.56. The Morgan fingerprint density at radius 1 is 1.40 bits per heavy atom. The number of benzene rings is 1. The summed E-state index contributed by atoms with van der Waals surface area (Å²) in [5.74, 6) is 0. The summed E-state index contributed by atoms with van der Waals surface area (Å²) in [5, 5.41) is 0. The number of hydrogen-bond acceptors (Lipinski definition) is 1. The van der Waals surface area contributed by atoms with Crippen molar-refractivity contribution in [2.75, 3.05) is 0 Å². The molecule has 0 saturated heterocycles. The number of hydrogen-bond donors (Lipinski definition) is 1. The van der Waals surface area contributed by atoms with Gasteiger partial charge in [-0.15, -0.1) is 12.6 Å². The van der Waals surface area contributed by atoms with E-state index in [1.807, 2.05) is 31.2 Å². The molecule has 52 valence electrons. The minimum absolute atomic E-state index is 0.995. The number of allylic oxidation sites excluding steroid dienone is 1. The second-order valence-electron chi connectivity index (χ2n) is 2.30. The van der Waals surface area contributed by atoms with Crippen molar-refractivity contribution in [1.29, 1.82) is 0 Å². The second-order valence-corrected chi connectivity index (χ2v) is 2.78. The van der Waals surface area contributed by atoms with Crippen LogP contribution in [0.5, 0.6) is 0 Å². The number of thiol groups is 1. The third kappa shape index (κ3) is 1.42. The lowest BCUT2D eigenvalue weighted by Crippen LogP contribution is -1.78. The van der Waals surface area contributed by atoms with Crippen molar-refractivity contribution >= 4 is 18.2 Å². The van der Waals surface area contributed by atoms with Crippen molar-refractivity contribution in [2.45, 2.75) is 11.8 Å². The van der Waals surface area contributed by atoms with Crippen molar-refractivity contribution in [2.24, 2.45) is 0 Å². The molecule has 0 saturated carbocycles. The molecule has 10 heavy (non-hydrogen) atoms. The van der Waals surface area contributed by atoms with Crippen molar-refractivity contribution in [3.05, 3.63) is 36.4 Å². The van der Waals surface area contributed by atoms with E-state index >= 15 is 0 Å². The minimum Gasteiger partial charge on any atom is -0.143 e. The minimum atomic E-state index is 0.995. The van der Waals surface area contributed by atoms with E-state index in [0.717, 1.165) is 16.0 Å². The van der Waals surface area contributed by atoms with Crippen LogP contribution in [0.2, 0.25) is 0 Å². The molecule has 0 aromatic heterocycles. The zero-order valence-electron chi connectivity index (χ0n) is 5.96. The van der Waals surface area contributed by atoms with Crippen molar-refractivity contribution in [3.63, 3.8) is 0 Å². The summed E-state index contributed by atoms with van der Waals surface area (Å²) in [6.45, 7) is 5.82. The molecule has 0 radical (unpaired) electrons. The molecule has 0 atom stereocenters. The average Bonchev–Trinajstić information content (AvgIpc) is 1.88. The van der Waals surface area contributed by atoms with E-state index in [9.17, 15) is 0 Å². The van der Waals surface area contributed by atoms with Gasteiger partial charge in [-0.25, -0.2) is 0 Å². The quantitative estimate of drug-likeness (QED) is 0.584. The molecule has 0 nitrogen and oxygen atoms in total. The van der Waals surface area contributed by atoms with Gasteiger partial charge in [-0.2, -0.15) is 0 Å². The van der Waals surface area contributed by atoms with Crippen LogP contribution < -0.4 is 0 Å². The first-order chi connectivity index (χ1) is 4.72. The van der Waals surface area contributed by atoms with Crippen molar-refractivity contribution < 1.29 is 0 Å². The molecule has 0 aliphatic carbocycles. The zero-order valence-corrected chi connectivity index (χ0v) is 6.86. The fourth-order valence-corrected chi connectivity index (χ4v) is 1.19. The molecule has 1 aromatic carbocycles. The van der Waals surface area contributed by atoms with Crippen LogP contribution in [0, 0.1) is 0 Å². The van der Waals surface area contributed by atoms with Crippen LogP contribution in [-0.4, -0.2) is 0 Å². The van der Waals surface area contributed by atoms with E-state index in [-0.39, 0.29) is 0 Å². The highest BCUT2D eigenvalue weighted by Crippen LogP contribution is 2.19. The van der Waals surface area contributed by atoms with E-state index in [0.29, 0.717) is 0 Å². The summed E-state index contributed by atoms with van der Waals surface area (Å²) in [4.78, 5) is 0.995. The van der Waals surface area contributed by atoms with Gasteiger partial charge in [0.15, 0.2) is 0 Å². The third-order valence-corrected chi connectivity index (χ3v) is 1.75. The molecule has 0 bridgehead atoms. The molecule has 1 heteroatoms. The Morgan fingerprint density at radius 2 is 2.00 bits per heavy atom. The molecule has 0 fully saturated rings. The average molecular weight is 150 g/mol. The maximum Gasteiger partial charge on any atom is 0.0115 e. The lowest BCUT2D eigenvalue weighted by molar-refractivity contribution is 1.40. The molecule has 0 amide bonds. The molecule has 0 spiro atoms. The summed E-state index contributed by atoms with van der Waals surface area (Å²) in [6, 6.07) is 7.94. The van der Waals surface area contributed by atoms with Gasteiger partial charge >= 0.3 is 0 Å². The molecule has 1 rings (SSSR count). The van der Waals surface area contributed by atoms with Crippen LogP contribution in [0.25, 0.3) is 5.57 Å². The summed E-state index contributed by atoms with van der Waals surface area (Å²) < 4.78 is 0. The lowest BCUT2D eigenvalue weighted by atomic mass is 10.1. The molecule has 0 aliphatic heterocycles. The Morgan fingerprint density at radius 3 is 2.40 bits per heavy atom. The van der Waals surface area contributed by atoms with Gasteiger partial charge in [-0.3, -0.25) is 0 Å². The van der Waals surface area contributed by atoms with Gasteiger partial charge < -0.3 is 0 Å². The van der Waals surface area contributed by atoms with Crippen LogP contribution >= 0.6 is 12.6 Å². The maximum atomic E-state index is 4.28.